The lowest BCUT2D eigenvalue weighted by Gasteiger charge is -2.51. The van der Waals surface area contributed by atoms with Gasteiger partial charge in [0, 0.05) is 31.0 Å². The summed E-state index contributed by atoms with van der Waals surface area (Å²) in [5.41, 5.74) is 0.966. The van der Waals surface area contributed by atoms with Crippen LogP contribution in [-0.2, 0) is 17.0 Å². The highest BCUT2D eigenvalue weighted by Crippen LogP contribution is 2.35. The summed E-state index contributed by atoms with van der Waals surface area (Å²) in [5.74, 6) is 0. The van der Waals surface area contributed by atoms with Crippen molar-refractivity contribution < 1.29 is 9.84 Å². The Bertz CT molecular complexity index is 1370. The van der Waals surface area contributed by atoms with Crippen molar-refractivity contribution in [3.63, 3.8) is 0 Å². The molecule has 4 aromatic rings. The Balaban J connectivity index is 1.71. The maximum absolute atomic E-state index is 12.6. The Morgan fingerprint density at radius 3 is 2.29 bits per heavy atom. The maximum atomic E-state index is 12.6. The van der Waals surface area contributed by atoms with Crippen LogP contribution < -0.4 is 10.4 Å². The lowest BCUT2D eigenvalue weighted by Crippen LogP contribution is -2.63. The van der Waals surface area contributed by atoms with Crippen molar-refractivity contribution in [3.05, 3.63) is 93.9 Å². The molecule has 2 heterocycles. The highest BCUT2D eigenvalue weighted by molar-refractivity contribution is 6.02. The quantitative estimate of drug-likeness (QED) is 0.458. The summed E-state index contributed by atoms with van der Waals surface area (Å²) in [6.07, 6.45) is 1.78. The molecular formula is C28H31N3O3. The third-order valence-electron chi connectivity index (χ3n) is 7.11. The molecule has 0 spiro atoms. The van der Waals surface area contributed by atoms with Crippen molar-refractivity contribution in [1.82, 2.24) is 9.58 Å². The van der Waals surface area contributed by atoms with Crippen molar-refractivity contribution in [1.29, 1.82) is 0 Å². The zero-order chi connectivity index (χ0) is 24.0. The Hall–Kier alpha value is -3.19. The molecule has 5 rings (SSSR count). The standard InChI is InChI=1S/C28H31N3O3/c1-19(17-34-4)30-18-29(31-14-13-26(32)20(2)27(31)28(30,3)33)16-25-23-11-7-5-9-21(23)15-22-10-6-8-12-24(22)25/h5-15,19,33H,16-18H2,1-4H3. The average molecular weight is 458 g/mol. The Morgan fingerprint density at radius 1 is 1.06 bits per heavy atom. The van der Waals surface area contributed by atoms with Gasteiger partial charge >= 0.3 is 0 Å². The van der Waals surface area contributed by atoms with Gasteiger partial charge in [0.1, 0.15) is 0 Å². The molecule has 0 saturated heterocycles. The van der Waals surface area contributed by atoms with Crippen LogP contribution in [0.15, 0.2) is 71.7 Å². The van der Waals surface area contributed by atoms with Gasteiger partial charge in [0.15, 0.2) is 11.2 Å². The van der Waals surface area contributed by atoms with E-state index in [0.717, 1.165) is 0 Å². The van der Waals surface area contributed by atoms with E-state index in [1.165, 1.54) is 27.1 Å². The molecule has 3 aromatic carbocycles. The van der Waals surface area contributed by atoms with E-state index in [1.807, 2.05) is 16.5 Å². The van der Waals surface area contributed by atoms with Gasteiger partial charge in [0.05, 0.1) is 25.5 Å². The first-order valence-corrected chi connectivity index (χ1v) is 11.7. The Labute approximate surface area is 199 Å². The Morgan fingerprint density at radius 2 is 1.68 bits per heavy atom. The number of hydrogen-bond acceptors (Lipinski definition) is 5. The molecule has 2 atom stereocenters. The third-order valence-corrected chi connectivity index (χ3v) is 7.11. The number of benzene rings is 3. The minimum atomic E-state index is -1.32. The first-order valence-electron chi connectivity index (χ1n) is 11.7. The van der Waals surface area contributed by atoms with Gasteiger partial charge in [-0.3, -0.25) is 14.5 Å². The smallest absolute Gasteiger partial charge is 0.185 e. The number of fused-ring (bicyclic) bond motifs is 3. The van der Waals surface area contributed by atoms with Crippen molar-refractivity contribution >= 4 is 21.5 Å². The molecule has 0 fully saturated rings. The van der Waals surface area contributed by atoms with Crippen LogP contribution in [0.1, 0.15) is 30.7 Å². The van der Waals surface area contributed by atoms with Gasteiger partial charge in [-0.15, -0.1) is 0 Å². The second kappa shape index (κ2) is 8.55. The summed E-state index contributed by atoms with van der Waals surface area (Å²) in [4.78, 5) is 14.6. The fraction of sp³-hybridized carbons (Fsp3) is 0.321. The summed E-state index contributed by atoms with van der Waals surface area (Å²) in [5, 5.41) is 18.7. The largest absolute Gasteiger partial charge is 0.383 e. The van der Waals surface area contributed by atoms with Crippen LogP contribution in [0.5, 0.6) is 0 Å². The molecule has 34 heavy (non-hydrogen) atoms. The average Bonchev–Trinajstić information content (AvgIpc) is 2.82. The highest BCUT2D eigenvalue weighted by Gasteiger charge is 2.43. The molecule has 1 aromatic heterocycles. The number of pyridine rings is 1. The van der Waals surface area contributed by atoms with Gasteiger partial charge in [-0.25, -0.2) is 4.90 Å². The van der Waals surface area contributed by atoms with E-state index < -0.39 is 5.72 Å². The highest BCUT2D eigenvalue weighted by atomic mass is 16.5. The number of rotatable bonds is 5. The van der Waals surface area contributed by atoms with E-state index in [4.69, 9.17) is 4.74 Å². The maximum Gasteiger partial charge on any atom is 0.185 e. The molecule has 176 valence electrons. The summed E-state index contributed by atoms with van der Waals surface area (Å²) >= 11 is 0. The molecule has 0 amide bonds. The van der Waals surface area contributed by atoms with E-state index in [9.17, 15) is 9.90 Å². The second-order valence-corrected chi connectivity index (χ2v) is 9.40. The van der Waals surface area contributed by atoms with Crippen LogP contribution in [0.2, 0.25) is 0 Å². The topological polar surface area (TPSA) is 57.9 Å². The lowest BCUT2D eigenvalue weighted by atomic mass is 9.96. The van der Waals surface area contributed by atoms with Crippen LogP contribution in [-0.4, -0.2) is 41.1 Å². The van der Waals surface area contributed by atoms with Crippen molar-refractivity contribution in [2.24, 2.45) is 0 Å². The number of aliphatic hydroxyl groups is 1. The molecule has 6 heteroatoms. The number of ether oxygens (including phenoxy) is 1. The van der Waals surface area contributed by atoms with E-state index in [1.54, 1.807) is 33.2 Å². The van der Waals surface area contributed by atoms with Gasteiger partial charge in [-0.1, -0.05) is 48.5 Å². The minimum absolute atomic E-state index is 0.0600. The number of aromatic nitrogens is 1. The van der Waals surface area contributed by atoms with Gasteiger partial charge < -0.3 is 9.84 Å². The monoisotopic (exact) mass is 457 g/mol. The number of methoxy groups -OCH3 is 1. The SMILES string of the molecule is COCC(C)N1CN(Cc2c3ccccc3cc3ccccc23)n2ccc(=O)c(C)c2C1(C)O. The predicted molar refractivity (Wildman–Crippen MR) is 136 cm³/mol. The zero-order valence-corrected chi connectivity index (χ0v) is 20.2. The minimum Gasteiger partial charge on any atom is -0.383 e. The number of hydrogen-bond donors (Lipinski definition) is 1. The first-order chi connectivity index (χ1) is 16.3. The van der Waals surface area contributed by atoms with Crippen LogP contribution >= 0.6 is 0 Å². The molecule has 6 nitrogen and oxygen atoms in total. The van der Waals surface area contributed by atoms with Gasteiger partial charge in [0.25, 0.3) is 0 Å². The Kier molecular flexibility index (Phi) is 5.68. The summed E-state index contributed by atoms with van der Waals surface area (Å²) < 4.78 is 7.38. The fourth-order valence-corrected chi connectivity index (χ4v) is 5.44. The van der Waals surface area contributed by atoms with Gasteiger partial charge in [-0.2, -0.15) is 0 Å². The molecule has 0 aliphatic carbocycles. The second-order valence-electron chi connectivity index (χ2n) is 9.40. The predicted octanol–water partition coefficient (Wildman–Crippen LogP) is 4.07. The van der Waals surface area contributed by atoms with Crippen LogP contribution in [0.4, 0.5) is 0 Å². The summed E-state index contributed by atoms with van der Waals surface area (Å²) in [7, 11) is 1.67. The molecule has 1 aliphatic rings. The van der Waals surface area contributed by atoms with Crippen molar-refractivity contribution in [2.45, 2.75) is 39.1 Å². The zero-order valence-electron chi connectivity index (χ0n) is 20.2. The molecule has 0 saturated carbocycles. The van der Waals surface area contributed by atoms with E-state index in [2.05, 4.69) is 59.6 Å². The lowest BCUT2D eigenvalue weighted by molar-refractivity contribution is -0.148. The molecule has 0 radical (unpaired) electrons. The fourth-order valence-electron chi connectivity index (χ4n) is 5.44. The first kappa shape index (κ1) is 22.6. The van der Waals surface area contributed by atoms with Gasteiger partial charge in [0.2, 0.25) is 0 Å². The van der Waals surface area contributed by atoms with Crippen molar-refractivity contribution in [3.8, 4) is 0 Å². The van der Waals surface area contributed by atoms with Gasteiger partial charge in [-0.05, 0) is 53.9 Å². The summed E-state index contributed by atoms with van der Waals surface area (Å²) in [6.45, 7) is 7.15. The molecule has 1 N–H and O–H groups in total. The van der Waals surface area contributed by atoms with Crippen LogP contribution in [0.25, 0.3) is 21.5 Å². The summed E-state index contributed by atoms with van der Waals surface area (Å²) in [6, 6.07) is 20.7. The van der Waals surface area contributed by atoms with E-state index in [-0.39, 0.29) is 11.5 Å². The molecule has 2 unspecified atom stereocenters. The molecule has 1 aliphatic heterocycles. The van der Waals surface area contributed by atoms with Crippen LogP contribution in [0, 0.1) is 6.92 Å². The number of nitrogens with zero attached hydrogens (tertiary/aromatic N) is 3. The third kappa shape index (κ3) is 3.59. The van der Waals surface area contributed by atoms with Crippen molar-refractivity contribution in [2.75, 3.05) is 25.4 Å². The van der Waals surface area contributed by atoms with Crippen LogP contribution in [0.3, 0.4) is 0 Å². The normalized spacial score (nSPS) is 19.5. The van der Waals surface area contributed by atoms with E-state index in [0.29, 0.717) is 31.1 Å². The molecule has 0 bridgehead atoms. The molecular weight excluding hydrogens is 426 g/mol. The van der Waals surface area contributed by atoms with E-state index >= 15 is 0 Å².